The van der Waals surface area contributed by atoms with Gasteiger partial charge < -0.3 is 33.5 Å². The number of aliphatic hydroxyl groups is 1. The third-order valence-electron chi connectivity index (χ3n) is 7.18. The number of ether oxygens (including phenoxy) is 6. The molecule has 13 nitrogen and oxygen atoms in total. The normalized spacial score (nSPS) is 20.8. The molecule has 246 valence electrons. The van der Waals surface area contributed by atoms with Gasteiger partial charge in [-0.2, -0.15) is 0 Å². The van der Waals surface area contributed by atoms with Crippen LogP contribution in [0.3, 0.4) is 0 Å². The van der Waals surface area contributed by atoms with Crippen molar-refractivity contribution >= 4 is 23.9 Å². The summed E-state index contributed by atoms with van der Waals surface area (Å²) in [5.41, 5.74) is 4.12. The van der Waals surface area contributed by atoms with Crippen LogP contribution in [0.2, 0.25) is 0 Å². The average Bonchev–Trinajstić information content (AvgIpc) is 3.30. The molecular weight excluding hydrogens is 600 g/mol. The van der Waals surface area contributed by atoms with Gasteiger partial charge in [0.25, 0.3) is 0 Å². The zero-order chi connectivity index (χ0) is 33.4. The third-order valence-corrected chi connectivity index (χ3v) is 7.18. The summed E-state index contributed by atoms with van der Waals surface area (Å²) in [6, 6.07) is 17.1. The molecule has 3 aromatic rings. The lowest BCUT2D eigenvalue weighted by Crippen LogP contribution is -2.63. The van der Waals surface area contributed by atoms with E-state index in [1.807, 2.05) is 61.5 Å². The number of para-hydroxylation sites is 1. The van der Waals surface area contributed by atoms with E-state index in [9.17, 15) is 24.3 Å². The van der Waals surface area contributed by atoms with E-state index in [1.165, 1.54) is 6.92 Å². The molecule has 0 radical (unpaired) electrons. The number of carbonyl (C=O) groups excluding carboxylic acids is 4. The van der Waals surface area contributed by atoms with Crippen molar-refractivity contribution in [3.05, 3.63) is 77.0 Å². The van der Waals surface area contributed by atoms with Gasteiger partial charge in [0.15, 0.2) is 12.2 Å². The lowest BCUT2D eigenvalue weighted by molar-refractivity contribution is -0.289. The minimum Gasteiger partial charge on any atom is -0.463 e. The minimum absolute atomic E-state index is 0.0380. The SMILES string of the molecule is CC(=O)OC[C@H]1O[C@@H](Oc2nn(-c3ccccc3)c(C)c2Cc2ccc(CCO)cc2)[C@H](OC(C)=O)[C@@H](OC(C)=O)[C@@H]1OC(C)=O. The maximum Gasteiger partial charge on any atom is 0.303 e. The highest BCUT2D eigenvalue weighted by Crippen LogP contribution is 2.34. The highest BCUT2D eigenvalue weighted by molar-refractivity contribution is 5.68. The molecule has 1 aromatic heterocycles. The predicted molar refractivity (Wildman–Crippen MR) is 161 cm³/mol. The molecule has 1 saturated heterocycles. The van der Waals surface area contributed by atoms with Crippen molar-refractivity contribution in [1.29, 1.82) is 0 Å². The van der Waals surface area contributed by atoms with Crippen molar-refractivity contribution in [2.45, 2.75) is 78.2 Å². The van der Waals surface area contributed by atoms with Gasteiger partial charge in [-0.25, -0.2) is 4.68 Å². The molecule has 13 heteroatoms. The van der Waals surface area contributed by atoms with Gasteiger partial charge in [-0.3, -0.25) is 19.2 Å². The van der Waals surface area contributed by atoms with Crippen molar-refractivity contribution in [3.63, 3.8) is 0 Å². The summed E-state index contributed by atoms with van der Waals surface area (Å²) in [6.07, 6.45) is -5.80. The first-order valence-electron chi connectivity index (χ1n) is 14.8. The van der Waals surface area contributed by atoms with E-state index < -0.39 is 54.6 Å². The monoisotopic (exact) mass is 638 g/mol. The van der Waals surface area contributed by atoms with Crippen LogP contribution in [-0.4, -0.2) is 82.7 Å². The molecular formula is C33H38N2O11. The van der Waals surface area contributed by atoms with Crippen LogP contribution in [0.25, 0.3) is 5.69 Å². The summed E-state index contributed by atoms with van der Waals surface area (Å²) >= 11 is 0. The van der Waals surface area contributed by atoms with Gasteiger partial charge >= 0.3 is 23.9 Å². The molecule has 4 rings (SSSR count). The zero-order valence-corrected chi connectivity index (χ0v) is 26.3. The van der Waals surface area contributed by atoms with Crippen LogP contribution in [-0.2, 0) is 55.7 Å². The highest BCUT2D eigenvalue weighted by atomic mass is 16.7. The van der Waals surface area contributed by atoms with E-state index in [1.54, 1.807) is 4.68 Å². The average molecular weight is 639 g/mol. The van der Waals surface area contributed by atoms with E-state index >= 15 is 0 Å². The summed E-state index contributed by atoms with van der Waals surface area (Å²) in [6.45, 7) is 6.20. The van der Waals surface area contributed by atoms with Gasteiger partial charge in [0.05, 0.1) is 5.69 Å². The van der Waals surface area contributed by atoms with Crippen LogP contribution in [0.15, 0.2) is 54.6 Å². The van der Waals surface area contributed by atoms with Gasteiger partial charge in [0.2, 0.25) is 18.3 Å². The summed E-state index contributed by atoms with van der Waals surface area (Å²) in [7, 11) is 0. The van der Waals surface area contributed by atoms with Crippen LogP contribution in [0, 0.1) is 6.92 Å². The Hall–Kier alpha value is -4.75. The fraction of sp³-hybridized carbons (Fsp3) is 0.424. The summed E-state index contributed by atoms with van der Waals surface area (Å²) in [4.78, 5) is 48.3. The van der Waals surface area contributed by atoms with E-state index in [0.29, 0.717) is 18.4 Å². The van der Waals surface area contributed by atoms with E-state index in [2.05, 4.69) is 0 Å². The molecule has 1 fully saturated rings. The number of benzene rings is 2. The number of carbonyl (C=O) groups is 4. The Morgan fingerprint density at radius 3 is 1.98 bits per heavy atom. The fourth-order valence-corrected chi connectivity index (χ4v) is 5.18. The second-order valence-electron chi connectivity index (χ2n) is 10.8. The van der Waals surface area contributed by atoms with Gasteiger partial charge in [0.1, 0.15) is 12.7 Å². The van der Waals surface area contributed by atoms with Gasteiger partial charge in [-0.05, 0) is 36.6 Å². The number of rotatable bonds is 12. The summed E-state index contributed by atoms with van der Waals surface area (Å²) in [5, 5.41) is 14.0. The maximum absolute atomic E-state index is 12.3. The fourth-order valence-electron chi connectivity index (χ4n) is 5.18. The van der Waals surface area contributed by atoms with Crippen molar-refractivity contribution in [1.82, 2.24) is 9.78 Å². The Kier molecular flexibility index (Phi) is 11.5. The van der Waals surface area contributed by atoms with Crippen LogP contribution in [0.5, 0.6) is 5.88 Å². The van der Waals surface area contributed by atoms with E-state index in [4.69, 9.17) is 33.5 Å². The Balaban J connectivity index is 1.79. The molecule has 0 bridgehead atoms. The predicted octanol–water partition coefficient (Wildman–Crippen LogP) is 2.77. The molecule has 0 aliphatic carbocycles. The zero-order valence-electron chi connectivity index (χ0n) is 26.3. The van der Waals surface area contributed by atoms with Gasteiger partial charge in [-0.1, -0.05) is 42.5 Å². The summed E-state index contributed by atoms with van der Waals surface area (Å²) < 4.78 is 36.0. The first-order valence-corrected chi connectivity index (χ1v) is 14.8. The number of hydrogen-bond donors (Lipinski definition) is 1. The lowest BCUT2D eigenvalue weighted by atomic mass is 9.98. The second kappa shape index (κ2) is 15.5. The quantitative estimate of drug-likeness (QED) is 0.228. The molecule has 46 heavy (non-hydrogen) atoms. The van der Waals surface area contributed by atoms with Crippen molar-refractivity contribution in [3.8, 4) is 11.6 Å². The Morgan fingerprint density at radius 2 is 1.39 bits per heavy atom. The van der Waals surface area contributed by atoms with Crippen LogP contribution >= 0.6 is 0 Å². The van der Waals surface area contributed by atoms with E-state index in [0.717, 1.165) is 43.3 Å². The topological polar surface area (TPSA) is 162 Å². The number of nitrogens with zero attached hydrogens (tertiary/aromatic N) is 2. The molecule has 2 aromatic carbocycles. The third kappa shape index (κ3) is 8.70. The molecule has 0 saturated carbocycles. The Morgan fingerprint density at radius 1 is 0.804 bits per heavy atom. The second-order valence-corrected chi connectivity index (χ2v) is 10.8. The van der Waals surface area contributed by atoms with Crippen molar-refractivity contribution in [2.75, 3.05) is 13.2 Å². The molecule has 1 N–H and O–H groups in total. The van der Waals surface area contributed by atoms with Gasteiger partial charge in [0, 0.05) is 52.0 Å². The van der Waals surface area contributed by atoms with Crippen LogP contribution < -0.4 is 4.74 Å². The molecule has 0 amide bonds. The number of aromatic nitrogens is 2. The molecule has 2 heterocycles. The standard InChI is InChI=1S/C33H38N2O11/c1-19-27(17-25-13-11-24(12-14-25)15-16-36)32(34-35(19)26-9-7-6-8-10-26)46-33-31(44-23(5)40)30(43-22(4)39)29(42-21(3)38)28(45-33)18-41-20(2)37/h6-14,28-31,33,36H,15-18H2,1-5H3/t28-,29-,30+,31-,33+/m1/s1. The minimum atomic E-state index is -1.44. The lowest BCUT2D eigenvalue weighted by Gasteiger charge is -2.43. The highest BCUT2D eigenvalue weighted by Gasteiger charge is 2.53. The van der Waals surface area contributed by atoms with Gasteiger partial charge in [-0.15, -0.1) is 5.10 Å². The number of hydrogen-bond acceptors (Lipinski definition) is 12. The first kappa shape index (κ1) is 34.1. The number of aliphatic hydroxyl groups excluding tert-OH is 1. The van der Waals surface area contributed by atoms with E-state index in [-0.39, 0.29) is 19.1 Å². The molecule has 1 aliphatic rings. The summed E-state index contributed by atoms with van der Waals surface area (Å²) in [5.74, 6) is -2.71. The maximum atomic E-state index is 12.3. The molecule has 5 atom stereocenters. The molecule has 0 spiro atoms. The molecule has 0 unspecified atom stereocenters. The van der Waals surface area contributed by atoms with Crippen molar-refractivity contribution in [2.24, 2.45) is 0 Å². The first-order chi connectivity index (χ1) is 22.0. The largest absolute Gasteiger partial charge is 0.463 e. The molecule has 1 aliphatic heterocycles. The van der Waals surface area contributed by atoms with Crippen LogP contribution in [0.4, 0.5) is 0 Å². The Labute approximate surface area is 266 Å². The smallest absolute Gasteiger partial charge is 0.303 e. The van der Waals surface area contributed by atoms with Crippen molar-refractivity contribution < 1.29 is 52.7 Å². The Bertz CT molecular complexity index is 1520. The van der Waals surface area contributed by atoms with Crippen LogP contribution in [0.1, 0.15) is 50.1 Å². The number of esters is 4.